The standard InChI is InChI=1S/C28H24N4OS/c1-3-7-23(8-4-1)27-28(24-9-5-2-6-10-24)31-26(19-30-27)34-18-17-33-25-13-11-22(12-14-25)20-32-16-15-29-21-32/h1-16,19,21H,17-18,20H2. The maximum atomic E-state index is 5.94. The number of nitrogens with zero attached hydrogens (tertiary/aromatic N) is 4. The van der Waals surface area contributed by atoms with Gasteiger partial charge in [-0.1, -0.05) is 72.8 Å². The van der Waals surface area contributed by atoms with E-state index in [0.29, 0.717) is 6.61 Å². The van der Waals surface area contributed by atoms with E-state index in [9.17, 15) is 0 Å². The van der Waals surface area contributed by atoms with Gasteiger partial charge in [-0.05, 0) is 17.7 Å². The van der Waals surface area contributed by atoms with Crippen LogP contribution in [0.5, 0.6) is 5.75 Å². The van der Waals surface area contributed by atoms with Gasteiger partial charge in [-0.25, -0.2) is 9.97 Å². The number of benzene rings is 3. The second kappa shape index (κ2) is 10.8. The van der Waals surface area contributed by atoms with Crippen molar-refractivity contribution < 1.29 is 4.74 Å². The van der Waals surface area contributed by atoms with Gasteiger partial charge in [-0.2, -0.15) is 0 Å². The monoisotopic (exact) mass is 464 g/mol. The third-order valence-electron chi connectivity index (χ3n) is 5.29. The second-order valence-corrected chi connectivity index (χ2v) is 8.83. The second-order valence-electron chi connectivity index (χ2n) is 7.71. The summed E-state index contributed by atoms with van der Waals surface area (Å²) >= 11 is 1.65. The van der Waals surface area contributed by atoms with Crippen molar-refractivity contribution in [2.45, 2.75) is 11.6 Å². The zero-order chi connectivity index (χ0) is 23.0. The number of thioether (sulfide) groups is 1. The normalized spacial score (nSPS) is 10.8. The first-order valence-electron chi connectivity index (χ1n) is 11.1. The molecule has 5 rings (SSSR count). The molecule has 34 heavy (non-hydrogen) atoms. The van der Waals surface area contributed by atoms with E-state index >= 15 is 0 Å². The molecule has 168 valence electrons. The molecule has 0 radical (unpaired) electrons. The Morgan fingerprint density at radius 3 is 2.18 bits per heavy atom. The van der Waals surface area contributed by atoms with Crippen LogP contribution < -0.4 is 4.74 Å². The lowest BCUT2D eigenvalue weighted by Gasteiger charge is -2.11. The molecule has 5 aromatic rings. The van der Waals surface area contributed by atoms with Gasteiger partial charge in [0.2, 0.25) is 0 Å². The van der Waals surface area contributed by atoms with Crippen LogP contribution in [0.4, 0.5) is 0 Å². The topological polar surface area (TPSA) is 52.8 Å². The zero-order valence-corrected chi connectivity index (χ0v) is 19.4. The largest absolute Gasteiger partial charge is 0.493 e. The molecule has 0 saturated heterocycles. The molecule has 3 aromatic carbocycles. The van der Waals surface area contributed by atoms with Gasteiger partial charge in [-0.3, -0.25) is 4.98 Å². The van der Waals surface area contributed by atoms with Crippen molar-refractivity contribution in [1.29, 1.82) is 0 Å². The smallest absolute Gasteiger partial charge is 0.119 e. The summed E-state index contributed by atoms with van der Waals surface area (Å²) in [5.41, 5.74) is 5.12. The summed E-state index contributed by atoms with van der Waals surface area (Å²) < 4.78 is 7.98. The molecule has 0 bridgehead atoms. The average molecular weight is 465 g/mol. The first-order valence-corrected chi connectivity index (χ1v) is 12.1. The summed E-state index contributed by atoms with van der Waals surface area (Å²) in [6.07, 6.45) is 7.42. The quantitative estimate of drug-likeness (QED) is 0.191. The van der Waals surface area contributed by atoms with Crippen molar-refractivity contribution >= 4 is 11.8 Å². The summed E-state index contributed by atoms with van der Waals surface area (Å²) in [5.74, 6) is 1.65. The minimum absolute atomic E-state index is 0.592. The molecule has 5 nitrogen and oxygen atoms in total. The van der Waals surface area contributed by atoms with Crippen LogP contribution >= 0.6 is 11.8 Å². The van der Waals surface area contributed by atoms with Crippen LogP contribution in [-0.4, -0.2) is 31.9 Å². The van der Waals surface area contributed by atoms with E-state index < -0.39 is 0 Å². The van der Waals surface area contributed by atoms with Crippen LogP contribution in [0.25, 0.3) is 22.5 Å². The Labute approximate surface area is 203 Å². The first kappa shape index (κ1) is 21.9. The molecule has 0 unspecified atom stereocenters. The van der Waals surface area contributed by atoms with E-state index in [-0.39, 0.29) is 0 Å². The Bertz CT molecular complexity index is 1310. The summed E-state index contributed by atoms with van der Waals surface area (Å²) in [6, 6.07) is 28.6. The Morgan fingerprint density at radius 1 is 0.794 bits per heavy atom. The highest BCUT2D eigenvalue weighted by molar-refractivity contribution is 7.99. The summed E-state index contributed by atoms with van der Waals surface area (Å²) in [6.45, 7) is 1.39. The third kappa shape index (κ3) is 5.53. The lowest BCUT2D eigenvalue weighted by atomic mass is 10.0. The molecule has 0 aliphatic rings. The fraction of sp³-hybridized carbons (Fsp3) is 0.107. The van der Waals surface area contributed by atoms with Crippen molar-refractivity contribution in [3.05, 3.63) is 115 Å². The molecule has 0 fully saturated rings. The van der Waals surface area contributed by atoms with Crippen molar-refractivity contribution in [3.8, 4) is 28.3 Å². The Hall–Kier alpha value is -3.90. The zero-order valence-electron chi connectivity index (χ0n) is 18.6. The van der Waals surface area contributed by atoms with Gasteiger partial charge in [0.15, 0.2) is 0 Å². The van der Waals surface area contributed by atoms with Crippen molar-refractivity contribution in [2.24, 2.45) is 0 Å². The molecular weight excluding hydrogens is 440 g/mol. The molecule has 2 aromatic heterocycles. The molecule has 0 N–H and O–H groups in total. The van der Waals surface area contributed by atoms with Crippen LogP contribution in [-0.2, 0) is 6.54 Å². The van der Waals surface area contributed by atoms with Crippen LogP contribution in [0.1, 0.15) is 5.56 Å². The number of aromatic nitrogens is 4. The Balaban J connectivity index is 1.22. The van der Waals surface area contributed by atoms with E-state index in [1.807, 2.05) is 71.8 Å². The lowest BCUT2D eigenvalue weighted by Crippen LogP contribution is -2.02. The van der Waals surface area contributed by atoms with Crippen LogP contribution in [0.3, 0.4) is 0 Å². The van der Waals surface area contributed by atoms with E-state index in [1.165, 1.54) is 5.56 Å². The lowest BCUT2D eigenvalue weighted by molar-refractivity contribution is 0.344. The Morgan fingerprint density at radius 2 is 1.50 bits per heavy atom. The molecule has 0 spiro atoms. The fourth-order valence-electron chi connectivity index (χ4n) is 3.63. The van der Waals surface area contributed by atoms with Gasteiger partial charge < -0.3 is 9.30 Å². The molecule has 0 atom stereocenters. The third-order valence-corrected chi connectivity index (χ3v) is 6.16. The molecule has 0 aliphatic carbocycles. The number of hydrogen-bond acceptors (Lipinski definition) is 5. The van der Waals surface area contributed by atoms with Crippen molar-refractivity contribution in [1.82, 2.24) is 19.5 Å². The molecule has 0 saturated carbocycles. The van der Waals surface area contributed by atoms with Crippen LogP contribution in [0, 0.1) is 0 Å². The van der Waals surface area contributed by atoms with Crippen molar-refractivity contribution in [3.63, 3.8) is 0 Å². The maximum absolute atomic E-state index is 5.94. The van der Waals surface area contributed by atoms with E-state index in [1.54, 1.807) is 18.0 Å². The van der Waals surface area contributed by atoms with Crippen LogP contribution in [0.15, 0.2) is 115 Å². The van der Waals surface area contributed by atoms with Gasteiger partial charge in [0.05, 0.1) is 30.5 Å². The highest BCUT2D eigenvalue weighted by atomic mass is 32.2. The number of rotatable bonds is 9. The molecule has 0 aliphatic heterocycles. The molecule has 2 heterocycles. The SMILES string of the molecule is c1ccc(-c2ncc(SCCOc3ccc(Cn4ccnc4)cc3)nc2-c2ccccc2)cc1. The minimum atomic E-state index is 0.592. The van der Waals surface area contributed by atoms with Gasteiger partial charge in [0.25, 0.3) is 0 Å². The molecule has 0 amide bonds. The average Bonchev–Trinajstić information content (AvgIpc) is 3.42. The van der Waals surface area contributed by atoms with Crippen molar-refractivity contribution in [2.75, 3.05) is 12.4 Å². The number of imidazole rings is 1. The van der Waals surface area contributed by atoms with Gasteiger partial charge >= 0.3 is 0 Å². The Kier molecular flexibility index (Phi) is 6.97. The predicted molar refractivity (Wildman–Crippen MR) is 137 cm³/mol. The minimum Gasteiger partial charge on any atom is -0.493 e. The van der Waals surface area contributed by atoms with Gasteiger partial charge in [0.1, 0.15) is 10.8 Å². The van der Waals surface area contributed by atoms with Crippen LogP contribution in [0.2, 0.25) is 0 Å². The molecule has 6 heteroatoms. The van der Waals surface area contributed by atoms with E-state index in [4.69, 9.17) is 14.7 Å². The van der Waals surface area contributed by atoms with E-state index in [2.05, 4.69) is 41.4 Å². The number of ether oxygens (including phenoxy) is 1. The molecular formula is C28H24N4OS. The predicted octanol–water partition coefficient (Wildman–Crippen LogP) is 6.23. The van der Waals surface area contributed by atoms with E-state index in [0.717, 1.165) is 45.6 Å². The van der Waals surface area contributed by atoms with Gasteiger partial charge in [0, 0.05) is 35.8 Å². The van der Waals surface area contributed by atoms with Gasteiger partial charge in [-0.15, -0.1) is 11.8 Å². The fourth-order valence-corrected chi connectivity index (χ4v) is 4.29. The summed E-state index contributed by atoms with van der Waals surface area (Å²) in [7, 11) is 0. The summed E-state index contributed by atoms with van der Waals surface area (Å²) in [5, 5.41) is 0.887. The maximum Gasteiger partial charge on any atom is 0.119 e. The highest BCUT2D eigenvalue weighted by Crippen LogP contribution is 2.30. The first-order chi connectivity index (χ1) is 16.8. The number of hydrogen-bond donors (Lipinski definition) is 0. The highest BCUT2D eigenvalue weighted by Gasteiger charge is 2.12. The summed E-state index contributed by atoms with van der Waals surface area (Å²) in [4.78, 5) is 13.8.